The highest BCUT2D eigenvalue weighted by atomic mass is 32.2. The molecule has 0 saturated heterocycles. The SMILES string of the molecule is COc1ccc2nc(C(CCSC)NC(=O)c3cnccn3)n(CCc3ccccc3)c2c1. The van der Waals surface area contributed by atoms with Crippen molar-refractivity contribution in [3.05, 3.63) is 84.2 Å². The number of carbonyl (C=O) groups is 1. The smallest absolute Gasteiger partial charge is 0.272 e. The van der Waals surface area contributed by atoms with Crippen LogP contribution in [0.5, 0.6) is 5.75 Å². The minimum absolute atomic E-state index is 0.256. The molecule has 2 heterocycles. The van der Waals surface area contributed by atoms with E-state index in [0.29, 0.717) is 5.69 Å². The second kappa shape index (κ2) is 11.0. The van der Waals surface area contributed by atoms with Gasteiger partial charge in [0, 0.05) is 25.0 Å². The lowest BCUT2D eigenvalue weighted by atomic mass is 10.1. The van der Waals surface area contributed by atoms with Gasteiger partial charge in [0.2, 0.25) is 0 Å². The van der Waals surface area contributed by atoms with Crippen LogP contribution in [0.4, 0.5) is 0 Å². The van der Waals surface area contributed by atoms with E-state index < -0.39 is 0 Å². The minimum atomic E-state index is -0.263. The predicted molar refractivity (Wildman–Crippen MR) is 132 cm³/mol. The predicted octanol–water partition coefficient (Wildman–Crippen LogP) is 4.30. The van der Waals surface area contributed by atoms with Gasteiger partial charge in [-0.15, -0.1) is 0 Å². The van der Waals surface area contributed by atoms with E-state index in [1.165, 1.54) is 18.0 Å². The van der Waals surface area contributed by atoms with Crippen LogP contribution in [0.2, 0.25) is 0 Å². The van der Waals surface area contributed by atoms with E-state index in [1.807, 2.05) is 36.4 Å². The molecule has 1 N–H and O–H groups in total. The molecule has 1 amide bonds. The lowest BCUT2D eigenvalue weighted by molar-refractivity contribution is 0.0927. The summed E-state index contributed by atoms with van der Waals surface area (Å²) in [5.74, 6) is 2.24. The van der Waals surface area contributed by atoms with Crippen LogP contribution in [0.1, 0.15) is 34.3 Å². The molecule has 170 valence electrons. The van der Waals surface area contributed by atoms with E-state index in [4.69, 9.17) is 9.72 Å². The summed E-state index contributed by atoms with van der Waals surface area (Å²) in [7, 11) is 1.66. The number of rotatable bonds is 10. The first kappa shape index (κ1) is 22.8. The first-order chi connectivity index (χ1) is 16.2. The van der Waals surface area contributed by atoms with Crippen molar-refractivity contribution in [2.75, 3.05) is 19.1 Å². The van der Waals surface area contributed by atoms with Crippen molar-refractivity contribution in [1.82, 2.24) is 24.8 Å². The van der Waals surface area contributed by atoms with E-state index in [9.17, 15) is 4.79 Å². The van der Waals surface area contributed by atoms with Gasteiger partial charge >= 0.3 is 0 Å². The highest BCUT2D eigenvalue weighted by Crippen LogP contribution is 2.27. The second-order valence-corrected chi connectivity index (χ2v) is 8.60. The van der Waals surface area contributed by atoms with Gasteiger partial charge in [0.15, 0.2) is 0 Å². The summed E-state index contributed by atoms with van der Waals surface area (Å²) in [6.07, 6.45) is 8.21. The maximum atomic E-state index is 12.9. The number of nitrogens with zero attached hydrogens (tertiary/aromatic N) is 4. The summed E-state index contributed by atoms with van der Waals surface area (Å²) < 4.78 is 7.67. The van der Waals surface area contributed by atoms with E-state index in [1.54, 1.807) is 25.1 Å². The molecule has 4 rings (SSSR count). The maximum absolute atomic E-state index is 12.9. The molecule has 33 heavy (non-hydrogen) atoms. The quantitative estimate of drug-likeness (QED) is 0.379. The molecule has 0 aliphatic heterocycles. The van der Waals surface area contributed by atoms with E-state index in [0.717, 1.165) is 47.7 Å². The number of hydrogen-bond donors (Lipinski definition) is 1. The average molecular weight is 462 g/mol. The molecule has 0 aliphatic carbocycles. The highest BCUT2D eigenvalue weighted by Gasteiger charge is 2.23. The Morgan fingerprint density at radius 1 is 1.18 bits per heavy atom. The molecule has 2 aromatic carbocycles. The Labute approximate surface area is 197 Å². The second-order valence-electron chi connectivity index (χ2n) is 7.61. The van der Waals surface area contributed by atoms with Gasteiger partial charge in [-0.05, 0) is 42.5 Å². The molecule has 4 aromatic rings. The topological polar surface area (TPSA) is 81.9 Å². The number of methoxy groups -OCH3 is 1. The van der Waals surface area contributed by atoms with Gasteiger partial charge in [0.1, 0.15) is 17.3 Å². The van der Waals surface area contributed by atoms with Crippen LogP contribution in [0.25, 0.3) is 11.0 Å². The molecule has 1 atom stereocenters. The Hall–Kier alpha value is -3.39. The van der Waals surface area contributed by atoms with E-state index in [-0.39, 0.29) is 11.9 Å². The monoisotopic (exact) mass is 461 g/mol. The van der Waals surface area contributed by atoms with Crippen molar-refractivity contribution in [3.63, 3.8) is 0 Å². The first-order valence-electron chi connectivity index (χ1n) is 10.8. The normalized spacial score (nSPS) is 11.9. The van der Waals surface area contributed by atoms with E-state index in [2.05, 4.69) is 38.2 Å². The van der Waals surface area contributed by atoms with Gasteiger partial charge in [-0.2, -0.15) is 11.8 Å². The fraction of sp³-hybridized carbons (Fsp3) is 0.280. The lowest BCUT2D eigenvalue weighted by Crippen LogP contribution is -2.32. The van der Waals surface area contributed by atoms with Gasteiger partial charge in [0.05, 0.1) is 30.4 Å². The molecule has 0 radical (unpaired) electrons. The van der Waals surface area contributed by atoms with Crippen LogP contribution in [-0.4, -0.2) is 44.5 Å². The summed E-state index contributed by atoms with van der Waals surface area (Å²) in [5, 5.41) is 3.14. The van der Waals surface area contributed by atoms with Crippen LogP contribution in [0.3, 0.4) is 0 Å². The van der Waals surface area contributed by atoms with E-state index >= 15 is 0 Å². The number of carbonyl (C=O) groups excluding carboxylic acids is 1. The Morgan fingerprint density at radius 3 is 2.76 bits per heavy atom. The molecular formula is C25H27N5O2S. The summed E-state index contributed by atoms with van der Waals surface area (Å²) in [6.45, 7) is 0.736. The van der Waals surface area contributed by atoms with Crippen LogP contribution in [0, 0.1) is 0 Å². The van der Waals surface area contributed by atoms with Crippen LogP contribution in [0.15, 0.2) is 67.1 Å². The fourth-order valence-corrected chi connectivity index (χ4v) is 4.26. The number of fused-ring (bicyclic) bond motifs is 1. The Kier molecular flexibility index (Phi) is 7.57. The summed E-state index contributed by atoms with van der Waals surface area (Å²) in [6, 6.07) is 16.0. The van der Waals surface area contributed by atoms with Crippen molar-refractivity contribution in [1.29, 1.82) is 0 Å². The van der Waals surface area contributed by atoms with Crippen LogP contribution >= 0.6 is 11.8 Å². The molecule has 0 spiro atoms. The standard InChI is InChI=1S/C25H27N5O2S/c1-32-19-8-9-20-23(16-19)30(14-10-18-6-4-3-5-7-18)24(28-20)21(11-15-33-2)29-25(31)22-17-26-12-13-27-22/h3-9,12-13,16-17,21H,10-11,14-15H2,1-2H3,(H,29,31). The average Bonchev–Trinajstić information content (AvgIpc) is 3.23. The Balaban J connectivity index is 1.71. The molecule has 0 saturated carbocycles. The van der Waals surface area contributed by atoms with Gasteiger partial charge in [0.25, 0.3) is 5.91 Å². The molecule has 0 fully saturated rings. The number of thioether (sulfide) groups is 1. The van der Waals surface area contributed by atoms with Crippen LogP contribution in [-0.2, 0) is 13.0 Å². The Bertz CT molecular complexity index is 1200. The molecule has 0 aliphatic rings. The van der Waals surface area contributed by atoms with Crippen LogP contribution < -0.4 is 10.1 Å². The molecular weight excluding hydrogens is 434 g/mol. The number of ether oxygens (including phenoxy) is 1. The Morgan fingerprint density at radius 2 is 2.03 bits per heavy atom. The third kappa shape index (κ3) is 5.51. The molecule has 2 aromatic heterocycles. The largest absolute Gasteiger partial charge is 0.497 e. The minimum Gasteiger partial charge on any atom is -0.497 e. The number of aromatic nitrogens is 4. The maximum Gasteiger partial charge on any atom is 0.272 e. The molecule has 1 unspecified atom stereocenters. The van der Waals surface area contributed by atoms with Crippen molar-refractivity contribution in [2.24, 2.45) is 0 Å². The number of amides is 1. The zero-order chi connectivity index (χ0) is 23.0. The van der Waals surface area contributed by atoms with Crippen molar-refractivity contribution < 1.29 is 9.53 Å². The van der Waals surface area contributed by atoms with Crippen molar-refractivity contribution >= 4 is 28.7 Å². The number of imidazole rings is 1. The number of nitrogens with one attached hydrogen (secondary N) is 1. The third-order valence-electron chi connectivity index (χ3n) is 5.48. The molecule has 8 heteroatoms. The zero-order valence-electron chi connectivity index (χ0n) is 18.8. The zero-order valence-corrected chi connectivity index (χ0v) is 19.6. The molecule has 7 nitrogen and oxygen atoms in total. The van der Waals surface area contributed by atoms with Gasteiger partial charge < -0.3 is 14.6 Å². The van der Waals surface area contributed by atoms with Gasteiger partial charge in [-0.25, -0.2) is 9.97 Å². The lowest BCUT2D eigenvalue weighted by Gasteiger charge is -2.20. The van der Waals surface area contributed by atoms with Crippen molar-refractivity contribution in [3.8, 4) is 5.75 Å². The number of aryl methyl sites for hydroxylation is 2. The third-order valence-corrected chi connectivity index (χ3v) is 6.12. The number of hydrogen-bond acceptors (Lipinski definition) is 6. The van der Waals surface area contributed by atoms with Crippen molar-refractivity contribution in [2.45, 2.75) is 25.4 Å². The summed E-state index contributed by atoms with van der Waals surface area (Å²) >= 11 is 1.74. The first-order valence-corrected chi connectivity index (χ1v) is 12.2. The summed E-state index contributed by atoms with van der Waals surface area (Å²) in [4.78, 5) is 26.0. The summed E-state index contributed by atoms with van der Waals surface area (Å²) in [5.41, 5.74) is 3.41. The number of benzene rings is 2. The van der Waals surface area contributed by atoms with Gasteiger partial charge in [-0.1, -0.05) is 30.3 Å². The highest BCUT2D eigenvalue weighted by molar-refractivity contribution is 7.98. The van der Waals surface area contributed by atoms with Gasteiger partial charge in [-0.3, -0.25) is 9.78 Å². The fourth-order valence-electron chi connectivity index (χ4n) is 3.78. The molecule has 0 bridgehead atoms.